The average Bonchev–Trinajstić information content (AvgIpc) is 2.80. The van der Waals surface area contributed by atoms with Crippen LogP contribution in [-0.4, -0.2) is 27.6 Å². The Labute approximate surface area is 119 Å². The monoisotopic (exact) mass is 283 g/mol. The van der Waals surface area contributed by atoms with Gasteiger partial charge in [0.15, 0.2) is 0 Å². The van der Waals surface area contributed by atoms with Crippen LogP contribution in [0.2, 0.25) is 0 Å². The molecule has 2 rings (SSSR count). The number of aryl methyl sites for hydroxylation is 2. The second kappa shape index (κ2) is 6.42. The van der Waals surface area contributed by atoms with E-state index in [1.165, 1.54) is 12.8 Å². The number of nitrogens with one attached hydrogen (secondary N) is 1. The fraction of sp³-hybridized carbons (Fsp3) is 0.714. The molecule has 0 aliphatic heterocycles. The van der Waals surface area contributed by atoms with E-state index in [1.54, 1.807) is 4.68 Å². The molecule has 1 saturated carbocycles. The molecule has 1 amide bonds. The summed E-state index contributed by atoms with van der Waals surface area (Å²) >= 11 is 5.99. The zero-order valence-electron chi connectivity index (χ0n) is 11.7. The van der Waals surface area contributed by atoms with Crippen molar-refractivity contribution in [2.75, 3.05) is 5.88 Å². The molecule has 1 aromatic rings. The normalized spacial score (nSPS) is 23.3. The highest BCUT2D eigenvalue weighted by molar-refractivity contribution is 6.18. The highest BCUT2D eigenvalue weighted by Crippen LogP contribution is 2.25. The standard InChI is InChI=1S/C14H22ClN3O/c1-3-11-8-13(18(2)17-11)14(19)16-12-7-5-4-6-10(12)9-15/h8,10,12H,3-7,9H2,1-2H3,(H,16,19). The van der Waals surface area contributed by atoms with Crippen LogP contribution in [-0.2, 0) is 13.5 Å². The van der Waals surface area contributed by atoms with E-state index >= 15 is 0 Å². The first-order valence-corrected chi connectivity index (χ1v) is 7.59. The van der Waals surface area contributed by atoms with E-state index in [4.69, 9.17) is 11.6 Å². The van der Waals surface area contributed by atoms with E-state index in [2.05, 4.69) is 10.4 Å². The number of halogens is 1. The van der Waals surface area contributed by atoms with Gasteiger partial charge in [0.25, 0.3) is 5.91 Å². The van der Waals surface area contributed by atoms with Crippen molar-refractivity contribution in [2.24, 2.45) is 13.0 Å². The highest BCUT2D eigenvalue weighted by Gasteiger charge is 2.26. The number of hydrogen-bond donors (Lipinski definition) is 1. The maximum absolute atomic E-state index is 12.3. The summed E-state index contributed by atoms with van der Waals surface area (Å²) in [6.07, 6.45) is 5.37. The molecule has 1 N–H and O–H groups in total. The molecule has 19 heavy (non-hydrogen) atoms. The first-order chi connectivity index (χ1) is 9.15. The lowest BCUT2D eigenvalue weighted by Gasteiger charge is -2.30. The Morgan fingerprint density at radius 1 is 1.53 bits per heavy atom. The van der Waals surface area contributed by atoms with E-state index in [0.717, 1.165) is 25.0 Å². The molecule has 0 spiro atoms. The zero-order valence-corrected chi connectivity index (χ0v) is 12.4. The van der Waals surface area contributed by atoms with Gasteiger partial charge in [-0.25, -0.2) is 0 Å². The molecule has 1 aliphatic carbocycles. The second-order valence-corrected chi connectivity index (χ2v) is 5.59. The van der Waals surface area contributed by atoms with E-state index in [9.17, 15) is 4.79 Å². The summed E-state index contributed by atoms with van der Waals surface area (Å²) in [5.41, 5.74) is 1.58. The lowest BCUT2D eigenvalue weighted by molar-refractivity contribution is 0.0901. The Balaban J connectivity index is 2.05. The van der Waals surface area contributed by atoms with Gasteiger partial charge < -0.3 is 5.32 Å². The molecule has 4 nitrogen and oxygen atoms in total. The molecule has 2 unspecified atom stereocenters. The Morgan fingerprint density at radius 2 is 2.26 bits per heavy atom. The van der Waals surface area contributed by atoms with Crippen molar-refractivity contribution in [3.63, 3.8) is 0 Å². The molecule has 0 saturated heterocycles. The largest absolute Gasteiger partial charge is 0.348 e. The lowest BCUT2D eigenvalue weighted by atomic mass is 9.85. The van der Waals surface area contributed by atoms with E-state index in [1.807, 2.05) is 20.0 Å². The fourth-order valence-electron chi connectivity index (χ4n) is 2.74. The van der Waals surface area contributed by atoms with Crippen LogP contribution in [0.5, 0.6) is 0 Å². The van der Waals surface area contributed by atoms with Crippen LogP contribution >= 0.6 is 11.6 Å². The van der Waals surface area contributed by atoms with Crippen LogP contribution < -0.4 is 5.32 Å². The summed E-state index contributed by atoms with van der Waals surface area (Å²) in [6.45, 7) is 2.04. The van der Waals surface area contributed by atoms with Crippen molar-refractivity contribution in [1.82, 2.24) is 15.1 Å². The predicted molar refractivity (Wildman–Crippen MR) is 76.5 cm³/mol. The van der Waals surface area contributed by atoms with Crippen LogP contribution in [0.1, 0.15) is 48.8 Å². The third kappa shape index (κ3) is 3.30. The van der Waals surface area contributed by atoms with Gasteiger partial charge >= 0.3 is 0 Å². The van der Waals surface area contributed by atoms with Gasteiger partial charge in [-0.3, -0.25) is 9.48 Å². The third-order valence-corrected chi connectivity index (χ3v) is 4.35. The lowest BCUT2D eigenvalue weighted by Crippen LogP contribution is -2.43. The van der Waals surface area contributed by atoms with E-state index < -0.39 is 0 Å². The molecule has 0 bridgehead atoms. The fourth-order valence-corrected chi connectivity index (χ4v) is 3.11. The molecule has 0 radical (unpaired) electrons. The second-order valence-electron chi connectivity index (χ2n) is 5.28. The average molecular weight is 284 g/mol. The SMILES string of the molecule is CCc1cc(C(=O)NC2CCCCC2CCl)n(C)n1. The van der Waals surface area contributed by atoms with Gasteiger partial charge in [-0.15, -0.1) is 11.6 Å². The topological polar surface area (TPSA) is 46.9 Å². The Kier molecular flexibility index (Phi) is 4.86. The van der Waals surface area contributed by atoms with Gasteiger partial charge in [0, 0.05) is 19.0 Å². The molecule has 0 aromatic carbocycles. The third-order valence-electron chi connectivity index (χ3n) is 3.95. The van der Waals surface area contributed by atoms with Gasteiger partial charge in [0.2, 0.25) is 0 Å². The van der Waals surface area contributed by atoms with Gasteiger partial charge in [0.05, 0.1) is 5.69 Å². The molecule has 1 fully saturated rings. The zero-order chi connectivity index (χ0) is 13.8. The van der Waals surface area contributed by atoms with Gasteiger partial charge in [-0.2, -0.15) is 5.10 Å². The maximum Gasteiger partial charge on any atom is 0.269 e. The summed E-state index contributed by atoms with van der Waals surface area (Å²) in [7, 11) is 1.81. The summed E-state index contributed by atoms with van der Waals surface area (Å²) in [4.78, 5) is 12.3. The summed E-state index contributed by atoms with van der Waals surface area (Å²) in [6, 6.07) is 2.08. The minimum absolute atomic E-state index is 0.0308. The minimum Gasteiger partial charge on any atom is -0.348 e. The van der Waals surface area contributed by atoms with Crippen molar-refractivity contribution in [1.29, 1.82) is 0 Å². The molecule has 1 heterocycles. The quantitative estimate of drug-likeness (QED) is 0.863. The predicted octanol–water partition coefficient (Wildman–Crippen LogP) is 2.51. The van der Waals surface area contributed by atoms with Crippen LogP contribution in [0.15, 0.2) is 6.07 Å². The number of rotatable bonds is 4. The van der Waals surface area contributed by atoms with Crippen molar-refractivity contribution in [3.8, 4) is 0 Å². The molecule has 1 aromatic heterocycles. The maximum atomic E-state index is 12.3. The Bertz CT molecular complexity index is 444. The summed E-state index contributed by atoms with van der Waals surface area (Å²) < 4.78 is 1.66. The highest BCUT2D eigenvalue weighted by atomic mass is 35.5. The summed E-state index contributed by atoms with van der Waals surface area (Å²) in [5, 5.41) is 7.44. The van der Waals surface area contributed by atoms with Crippen molar-refractivity contribution in [2.45, 2.75) is 45.1 Å². The number of carbonyl (C=O) groups is 1. The minimum atomic E-state index is -0.0308. The number of hydrogen-bond acceptors (Lipinski definition) is 2. The number of aromatic nitrogens is 2. The molecule has 1 aliphatic rings. The van der Waals surface area contributed by atoms with Crippen molar-refractivity contribution < 1.29 is 4.79 Å². The van der Waals surface area contributed by atoms with E-state index in [0.29, 0.717) is 17.5 Å². The first-order valence-electron chi connectivity index (χ1n) is 7.05. The molecule has 106 valence electrons. The molecule has 2 atom stereocenters. The molecular weight excluding hydrogens is 262 g/mol. The smallest absolute Gasteiger partial charge is 0.269 e. The first kappa shape index (κ1) is 14.4. The Hall–Kier alpha value is -1.03. The van der Waals surface area contributed by atoms with Crippen molar-refractivity contribution >= 4 is 17.5 Å². The Morgan fingerprint density at radius 3 is 2.89 bits per heavy atom. The summed E-state index contributed by atoms with van der Waals surface area (Å²) in [5.74, 6) is 0.992. The number of amides is 1. The molecular formula is C14H22ClN3O. The number of alkyl halides is 1. The molecule has 5 heteroatoms. The van der Waals surface area contributed by atoms with Crippen LogP contribution in [0.3, 0.4) is 0 Å². The van der Waals surface area contributed by atoms with Crippen LogP contribution in [0.4, 0.5) is 0 Å². The number of carbonyl (C=O) groups excluding carboxylic acids is 1. The van der Waals surface area contributed by atoms with Crippen molar-refractivity contribution in [3.05, 3.63) is 17.5 Å². The van der Waals surface area contributed by atoms with Crippen LogP contribution in [0, 0.1) is 5.92 Å². The van der Waals surface area contributed by atoms with Gasteiger partial charge in [-0.1, -0.05) is 19.8 Å². The van der Waals surface area contributed by atoms with Crippen LogP contribution in [0.25, 0.3) is 0 Å². The van der Waals surface area contributed by atoms with Gasteiger partial charge in [0.1, 0.15) is 5.69 Å². The van der Waals surface area contributed by atoms with E-state index in [-0.39, 0.29) is 11.9 Å². The van der Waals surface area contributed by atoms with Gasteiger partial charge in [-0.05, 0) is 31.2 Å². The number of nitrogens with zero attached hydrogens (tertiary/aromatic N) is 2.